The van der Waals surface area contributed by atoms with Crippen molar-refractivity contribution in [2.75, 3.05) is 5.73 Å². The minimum atomic E-state index is -0.657. The Morgan fingerprint density at radius 1 is 1.16 bits per heavy atom. The SMILES string of the molecule is Nc1ncc(C2(O)CCCCC2C2CCCCC2)s1. The number of hydrogen-bond donors (Lipinski definition) is 2. The number of anilines is 1. The van der Waals surface area contributed by atoms with E-state index in [2.05, 4.69) is 4.98 Å². The van der Waals surface area contributed by atoms with Crippen molar-refractivity contribution in [1.29, 1.82) is 0 Å². The minimum Gasteiger partial charge on any atom is -0.384 e. The molecule has 1 aromatic rings. The van der Waals surface area contributed by atoms with Crippen molar-refractivity contribution >= 4 is 16.5 Å². The molecular formula is C15H24N2OS. The van der Waals surface area contributed by atoms with Crippen LogP contribution in [0, 0.1) is 11.8 Å². The second-order valence-corrected chi connectivity index (χ2v) is 7.30. The monoisotopic (exact) mass is 280 g/mol. The summed E-state index contributed by atoms with van der Waals surface area (Å²) < 4.78 is 0. The molecule has 2 unspecified atom stereocenters. The lowest BCUT2D eigenvalue weighted by Crippen LogP contribution is -2.42. The fourth-order valence-electron chi connectivity index (χ4n) is 4.14. The van der Waals surface area contributed by atoms with Gasteiger partial charge in [0.2, 0.25) is 0 Å². The molecule has 2 atom stereocenters. The molecule has 0 radical (unpaired) electrons. The Balaban J connectivity index is 1.86. The summed E-state index contributed by atoms with van der Waals surface area (Å²) in [6, 6.07) is 0. The maximum absolute atomic E-state index is 11.3. The summed E-state index contributed by atoms with van der Waals surface area (Å²) in [5.41, 5.74) is 5.11. The van der Waals surface area contributed by atoms with Crippen molar-refractivity contribution < 1.29 is 5.11 Å². The molecule has 106 valence electrons. The van der Waals surface area contributed by atoms with Gasteiger partial charge in [0.25, 0.3) is 0 Å². The van der Waals surface area contributed by atoms with Crippen molar-refractivity contribution in [2.45, 2.75) is 63.4 Å². The number of nitrogens with zero attached hydrogens (tertiary/aromatic N) is 1. The highest BCUT2D eigenvalue weighted by molar-refractivity contribution is 7.15. The summed E-state index contributed by atoms with van der Waals surface area (Å²) in [5, 5.41) is 11.9. The van der Waals surface area contributed by atoms with Crippen LogP contribution in [-0.2, 0) is 5.60 Å². The summed E-state index contributed by atoms with van der Waals surface area (Å²) in [6.45, 7) is 0. The Hall–Kier alpha value is -0.610. The number of thiazole rings is 1. The van der Waals surface area contributed by atoms with Crippen LogP contribution in [0.3, 0.4) is 0 Å². The van der Waals surface area contributed by atoms with Crippen LogP contribution in [0.1, 0.15) is 62.7 Å². The predicted molar refractivity (Wildman–Crippen MR) is 79.0 cm³/mol. The van der Waals surface area contributed by atoms with Crippen molar-refractivity contribution in [1.82, 2.24) is 4.98 Å². The van der Waals surface area contributed by atoms with Gasteiger partial charge in [0.05, 0.1) is 4.88 Å². The second kappa shape index (κ2) is 5.41. The molecule has 3 N–H and O–H groups in total. The number of aromatic nitrogens is 1. The highest BCUT2D eigenvalue weighted by Gasteiger charge is 2.45. The topological polar surface area (TPSA) is 59.1 Å². The van der Waals surface area contributed by atoms with Crippen LogP contribution in [0.25, 0.3) is 0 Å². The summed E-state index contributed by atoms with van der Waals surface area (Å²) in [6.07, 6.45) is 12.9. The average molecular weight is 280 g/mol. The Labute approximate surface area is 119 Å². The van der Waals surface area contributed by atoms with E-state index in [1.807, 2.05) is 0 Å². The smallest absolute Gasteiger partial charge is 0.180 e. The van der Waals surface area contributed by atoms with Crippen molar-refractivity contribution in [3.8, 4) is 0 Å². The molecular weight excluding hydrogens is 256 g/mol. The van der Waals surface area contributed by atoms with Crippen LogP contribution in [-0.4, -0.2) is 10.1 Å². The minimum absolute atomic E-state index is 0.418. The molecule has 0 spiro atoms. The lowest BCUT2D eigenvalue weighted by molar-refractivity contribution is -0.0808. The second-order valence-electron chi connectivity index (χ2n) is 6.24. The van der Waals surface area contributed by atoms with Gasteiger partial charge in [0.15, 0.2) is 5.13 Å². The molecule has 2 aliphatic carbocycles. The van der Waals surface area contributed by atoms with Gasteiger partial charge in [0.1, 0.15) is 5.60 Å². The fourth-order valence-corrected chi connectivity index (χ4v) is 5.01. The largest absolute Gasteiger partial charge is 0.384 e. The molecule has 0 aromatic carbocycles. The van der Waals surface area contributed by atoms with E-state index >= 15 is 0 Å². The lowest BCUT2D eigenvalue weighted by Gasteiger charge is -2.44. The Morgan fingerprint density at radius 2 is 1.89 bits per heavy atom. The number of rotatable bonds is 2. The van der Waals surface area contributed by atoms with E-state index in [0.29, 0.717) is 17.0 Å². The molecule has 0 bridgehead atoms. The van der Waals surface area contributed by atoms with Crippen molar-refractivity contribution in [3.63, 3.8) is 0 Å². The molecule has 19 heavy (non-hydrogen) atoms. The van der Waals surface area contributed by atoms with Crippen molar-refractivity contribution in [2.24, 2.45) is 11.8 Å². The van der Waals surface area contributed by atoms with Crippen LogP contribution in [0.5, 0.6) is 0 Å². The van der Waals surface area contributed by atoms with E-state index in [1.54, 1.807) is 6.20 Å². The van der Waals surface area contributed by atoms with Gasteiger partial charge < -0.3 is 10.8 Å². The third-order valence-electron chi connectivity index (χ3n) is 5.11. The quantitative estimate of drug-likeness (QED) is 0.868. The summed E-state index contributed by atoms with van der Waals surface area (Å²) in [5.74, 6) is 1.11. The van der Waals surface area contributed by atoms with Gasteiger partial charge in [-0.3, -0.25) is 0 Å². The highest BCUT2D eigenvalue weighted by Crippen LogP contribution is 2.50. The first-order valence-corrected chi connectivity index (χ1v) is 8.46. The summed E-state index contributed by atoms with van der Waals surface area (Å²) in [7, 11) is 0. The van der Waals surface area contributed by atoms with Crippen molar-refractivity contribution in [3.05, 3.63) is 11.1 Å². The van der Waals surface area contributed by atoms with Crippen LogP contribution < -0.4 is 5.73 Å². The summed E-state index contributed by atoms with van der Waals surface area (Å²) in [4.78, 5) is 5.15. The molecule has 0 saturated heterocycles. The molecule has 0 aliphatic heterocycles. The van der Waals surface area contributed by atoms with E-state index in [9.17, 15) is 5.11 Å². The first kappa shape index (κ1) is 13.4. The van der Waals surface area contributed by atoms with Gasteiger partial charge in [0, 0.05) is 6.20 Å². The number of nitrogen functional groups attached to an aromatic ring is 1. The Morgan fingerprint density at radius 3 is 2.58 bits per heavy atom. The first-order chi connectivity index (χ1) is 9.20. The van der Waals surface area contributed by atoms with E-state index in [-0.39, 0.29) is 0 Å². The fraction of sp³-hybridized carbons (Fsp3) is 0.800. The van der Waals surface area contributed by atoms with Gasteiger partial charge in [-0.05, 0) is 24.7 Å². The van der Waals surface area contributed by atoms with Gasteiger partial charge in [-0.1, -0.05) is 56.3 Å². The standard InChI is InChI=1S/C15H24N2OS/c16-14-17-10-13(19-14)15(18)9-5-4-8-12(15)11-6-2-1-3-7-11/h10-12,18H,1-9H2,(H2,16,17). The number of hydrogen-bond acceptors (Lipinski definition) is 4. The zero-order chi connectivity index (χ0) is 13.3. The Bertz CT molecular complexity index is 428. The molecule has 2 aliphatic rings. The third-order valence-corrected chi connectivity index (χ3v) is 6.10. The molecule has 4 heteroatoms. The van der Waals surface area contributed by atoms with Gasteiger partial charge >= 0.3 is 0 Å². The van der Waals surface area contributed by atoms with Crippen LogP contribution in [0.4, 0.5) is 5.13 Å². The van der Waals surface area contributed by atoms with Crippen LogP contribution in [0.2, 0.25) is 0 Å². The molecule has 1 aromatic heterocycles. The zero-order valence-electron chi connectivity index (χ0n) is 11.5. The van der Waals surface area contributed by atoms with Gasteiger partial charge in [-0.25, -0.2) is 4.98 Å². The van der Waals surface area contributed by atoms with Gasteiger partial charge in [-0.2, -0.15) is 0 Å². The van der Waals surface area contributed by atoms with Crippen LogP contribution >= 0.6 is 11.3 Å². The third kappa shape index (κ3) is 2.52. The van der Waals surface area contributed by atoms with Crippen LogP contribution in [0.15, 0.2) is 6.20 Å². The maximum Gasteiger partial charge on any atom is 0.180 e. The summed E-state index contributed by atoms with van der Waals surface area (Å²) >= 11 is 1.48. The van der Waals surface area contributed by atoms with E-state index < -0.39 is 5.60 Å². The maximum atomic E-state index is 11.3. The molecule has 2 saturated carbocycles. The molecule has 3 nitrogen and oxygen atoms in total. The molecule has 2 fully saturated rings. The Kier molecular flexibility index (Phi) is 3.81. The average Bonchev–Trinajstić information content (AvgIpc) is 2.88. The molecule has 0 amide bonds. The normalized spacial score (nSPS) is 33.4. The molecule has 1 heterocycles. The van der Waals surface area contributed by atoms with Gasteiger partial charge in [-0.15, -0.1) is 0 Å². The van der Waals surface area contributed by atoms with E-state index in [4.69, 9.17) is 5.73 Å². The first-order valence-electron chi connectivity index (χ1n) is 7.64. The van der Waals surface area contributed by atoms with E-state index in [1.165, 1.54) is 56.3 Å². The zero-order valence-corrected chi connectivity index (χ0v) is 12.3. The number of aliphatic hydroxyl groups is 1. The predicted octanol–water partition coefficient (Wildman–Crippen LogP) is 3.68. The van der Waals surface area contributed by atoms with E-state index in [0.717, 1.165) is 17.7 Å². The lowest BCUT2D eigenvalue weighted by atomic mass is 9.65. The molecule has 3 rings (SSSR count). The number of nitrogens with two attached hydrogens (primary N) is 1. The highest BCUT2D eigenvalue weighted by atomic mass is 32.1.